The fraction of sp³-hybridized carbons (Fsp3) is 0.469. The molecule has 1 aromatic rings. The summed E-state index contributed by atoms with van der Waals surface area (Å²) in [6.45, 7) is 8.60. The van der Waals surface area contributed by atoms with E-state index in [-0.39, 0.29) is 11.0 Å². The summed E-state index contributed by atoms with van der Waals surface area (Å²) in [7, 11) is 1.45. The van der Waals surface area contributed by atoms with Crippen molar-refractivity contribution >= 4 is 29.3 Å². The van der Waals surface area contributed by atoms with Crippen molar-refractivity contribution in [2.45, 2.75) is 64.3 Å². The molecule has 1 N–H and O–H groups in total. The van der Waals surface area contributed by atoms with Crippen LogP contribution in [0.1, 0.15) is 46.3 Å². The Bertz CT molecular complexity index is 1410. The average molecular weight is 599 g/mol. The lowest BCUT2D eigenvalue weighted by Crippen LogP contribution is -2.56. The van der Waals surface area contributed by atoms with Crippen molar-refractivity contribution in [2.24, 2.45) is 23.7 Å². The van der Waals surface area contributed by atoms with E-state index in [4.69, 9.17) is 35.3 Å². The second-order valence-corrected chi connectivity index (χ2v) is 11.9. The number of aliphatic hydroxyl groups is 1. The number of allylic oxidation sites excluding steroid dienone is 3. The van der Waals surface area contributed by atoms with Gasteiger partial charge in [-0.3, -0.25) is 9.59 Å². The molecule has 9 nitrogen and oxygen atoms in total. The van der Waals surface area contributed by atoms with Gasteiger partial charge >= 0.3 is 11.9 Å². The second kappa shape index (κ2) is 11.1. The Balaban J connectivity index is 1.34. The number of carbonyl (C=O) groups excluding carboxylic acids is 3. The summed E-state index contributed by atoms with van der Waals surface area (Å²) < 4.78 is 28.5. The van der Waals surface area contributed by atoms with E-state index in [9.17, 15) is 19.5 Å². The Morgan fingerprint density at radius 1 is 1.14 bits per heavy atom. The molecule has 5 rings (SSSR count). The number of ether oxygens (including phenoxy) is 5. The maximum absolute atomic E-state index is 13.6. The molecule has 2 fully saturated rings. The highest BCUT2D eigenvalue weighted by Crippen LogP contribution is 2.60. The minimum absolute atomic E-state index is 0.0765. The van der Waals surface area contributed by atoms with E-state index >= 15 is 0 Å². The predicted molar refractivity (Wildman–Crippen MR) is 151 cm³/mol. The zero-order chi connectivity index (χ0) is 30.6. The molecule has 2 saturated heterocycles. The van der Waals surface area contributed by atoms with Gasteiger partial charge in [0, 0.05) is 36.0 Å². The van der Waals surface area contributed by atoms with Gasteiger partial charge in [0.25, 0.3) is 0 Å². The van der Waals surface area contributed by atoms with Crippen LogP contribution < -0.4 is 0 Å². The van der Waals surface area contributed by atoms with Gasteiger partial charge in [0.15, 0.2) is 11.9 Å². The molecule has 0 bridgehead atoms. The maximum atomic E-state index is 13.6. The molecule has 0 saturated carbocycles. The number of ketones is 1. The fourth-order valence-electron chi connectivity index (χ4n) is 6.13. The number of cyclic esters (lactones) is 1. The molecular formula is C32H35ClO9. The minimum Gasteiger partial charge on any atom is -0.465 e. The number of esters is 2. The van der Waals surface area contributed by atoms with Gasteiger partial charge < -0.3 is 28.8 Å². The third kappa shape index (κ3) is 4.82. The number of halogens is 1. The van der Waals surface area contributed by atoms with Gasteiger partial charge in [0.1, 0.15) is 29.5 Å². The average Bonchev–Trinajstić information content (AvgIpc) is 3.23. The summed E-state index contributed by atoms with van der Waals surface area (Å²) in [6.07, 6.45) is 4.64. The van der Waals surface area contributed by atoms with Crippen LogP contribution in [-0.2, 0) is 38.1 Å². The molecule has 42 heavy (non-hydrogen) atoms. The molecule has 3 heterocycles. The molecule has 224 valence electrons. The van der Waals surface area contributed by atoms with Crippen LogP contribution in [0.15, 0.2) is 76.8 Å². The number of hydrogen-bond acceptors (Lipinski definition) is 9. The van der Waals surface area contributed by atoms with E-state index in [1.54, 1.807) is 45.1 Å². The third-order valence-corrected chi connectivity index (χ3v) is 9.34. The van der Waals surface area contributed by atoms with Crippen LogP contribution in [-0.4, -0.2) is 53.5 Å². The molecule has 1 aliphatic carbocycles. The number of methoxy groups -OCH3 is 1. The van der Waals surface area contributed by atoms with E-state index in [0.29, 0.717) is 22.5 Å². The van der Waals surface area contributed by atoms with Crippen molar-refractivity contribution in [3.63, 3.8) is 0 Å². The molecule has 0 radical (unpaired) electrons. The first-order valence-corrected chi connectivity index (χ1v) is 14.3. The highest BCUT2D eigenvalue weighted by Gasteiger charge is 2.72. The van der Waals surface area contributed by atoms with Gasteiger partial charge in [-0.05, 0) is 38.5 Å². The third-order valence-electron chi connectivity index (χ3n) is 8.96. The molecule has 4 aliphatic rings. The molecule has 3 aliphatic heterocycles. The molecular weight excluding hydrogens is 564 g/mol. The maximum Gasteiger partial charge on any atom is 0.340 e. The van der Waals surface area contributed by atoms with Crippen LogP contribution in [0, 0.1) is 23.7 Å². The minimum atomic E-state index is -1.91. The van der Waals surface area contributed by atoms with E-state index in [2.05, 4.69) is 0 Å². The highest BCUT2D eigenvalue weighted by molar-refractivity contribution is 6.45. The van der Waals surface area contributed by atoms with Crippen molar-refractivity contribution < 1.29 is 43.2 Å². The summed E-state index contributed by atoms with van der Waals surface area (Å²) in [4.78, 5) is 39.4. The molecule has 10 heteroatoms. The van der Waals surface area contributed by atoms with Gasteiger partial charge in [-0.1, -0.05) is 61.9 Å². The van der Waals surface area contributed by atoms with Crippen molar-refractivity contribution in [3.8, 4) is 0 Å². The highest BCUT2D eigenvalue weighted by atomic mass is 35.5. The van der Waals surface area contributed by atoms with E-state index in [0.717, 1.165) is 0 Å². The Labute approximate surface area is 249 Å². The SMILES string of the molecule is COC(C(=O)OC(C)C(C)C=CC1=CC2=C(Cl)C(=O)C3(C)OC4(O)C(C)C(C)OC(=O)C4C3C2=CO1)c1ccccc1. The molecule has 0 amide bonds. The molecule has 1 aromatic carbocycles. The van der Waals surface area contributed by atoms with E-state index in [1.807, 2.05) is 31.2 Å². The Hall–Kier alpha value is -3.24. The number of rotatable bonds is 7. The number of carbonyl (C=O) groups is 3. The van der Waals surface area contributed by atoms with Crippen molar-refractivity contribution in [3.05, 3.63) is 82.3 Å². The quantitative estimate of drug-likeness (QED) is 0.447. The normalized spacial score (nSPS) is 34.3. The standard InChI is InChI=1S/C32H35ClO9/c1-16(18(3)40-30(36)27(38-6)20-10-8-7-9-11-20)12-13-21-14-22-23(15-39-21)24-25-29(35)41-19(4)17(2)32(25,37)42-31(24,5)28(34)26(22)33/h7-19,24-25,27,37H,1-6H3. The van der Waals surface area contributed by atoms with Gasteiger partial charge in [-0.2, -0.15) is 0 Å². The Morgan fingerprint density at radius 3 is 2.50 bits per heavy atom. The monoisotopic (exact) mass is 598 g/mol. The topological polar surface area (TPSA) is 118 Å². The van der Waals surface area contributed by atoms with Crippen LogP contribution >= 0.6 is 11.6 Å². The first-order chi connectivity index (χ1) is 19.8. The van der Waals surface area contributed by atoms with Crippen LogP contribution in [0.3, 0.4) is 0 Å². The van der Waals surface area contributed by atoms with Gasteiger partial charge in [0.2, 0.25) is 5.78 Å². The summed E-state index contributed by atoms with van der Waals surface area (Å²) in [5, 5.41) is 11.5. The number of Topliss-reactive ketones (excluding diaryl/α,β-unsaturated/α-hetero) is 1. The van der Waals surface area contributed by atoms with Crippen LogP contribution in [0.5, 0.6) is 0 Å². The second-order valence-electron chi connectivity index (χ2n) is 11.5. The predicted octanol–water partition coefficient (Wildman–Crippen LogP) is 4.66. The Kier molecular flexibility index (Phi) is 8.00. The largest absolute Gasteiger partial charge is 0.465 e. The molecule has 0 aromatic heterocycles. The van der Waals surface area contributed by atoms with E-state index < -0.39 is 65.2 Å². The molecule has 9 unspecified atom stereocenters. The lowest BCUT2D eigenvalue weighted by atomic mass is 9.65. The zero-order valence-electron chi connectivity index (χ0n) is 24.3. The zero-order valence-corrected chi connectivity index (χ0v) is 25.1. The first kappa shape index (κ1) is 30.2. The van der Waals surface area contributed by atoms with Gasteiger partial charge in [0.05, 0.1) is 11.3 Å². The van der Waals surface area contributed by atoms with Crippen LogP contribution in [0.25, 0.3) is 0 Å². The number of benzene rings is 1. The summed E-state index contributed by atoms with van der Waals surface area (Å²) in [5.41, 5.74) is -0.0225. The van der Waals surface area contributed by atoms with Crippen LogP contribution in [0.2, 0.25) is 0 Å². The lowest BCUT2D eigenvalue weighted by Gasteiger charge is -2.42. The number of fused-ring (bicyclic) bond motifs is 5. The molecule has 0 spiro atoms. The fourth-order valence-corrected chi connectivity index (χ4v) is 6.48. The smallest absolute Gasteiger partial charge is 0.340 e. The van der Waals surface area contributed by atoms with Gasteiger partial charge in [-0.25, -0.2) is 4.79 Å². The van der Waals surface area contributed by atoms with Crippen LogP contribution in [0.4, 0.5) is 0 Å². The van der Waals surface area contributed by atoms with Crippen molar-refractivity contribution in [2.75, 3.05) is 7.11 Å². The van der Waals surface area contributed by atoms with Gasteiger partial charge in [-0.15, -0.1) is 0 Å². The first-order valence-electron chi connectivity index (χ1n) is 14.0. The molecule has 9 atom stereocenters. The summed E-state index contributed by atoms with van der Waals surface area (Å²) >= 11 is 6.59. The lowest BCUT2D eigenvalue weighted by molar-refractivity contribution is -0.286. The van der Waals surface area contributed by atoms with Crippen molar-refractivity contribution in [1.29, 1.82) is 0 Å². The van der Waals surface area contributed by atoms with E-state index in [1.165, 1.54) is 20.3 Å². The summed E-state index contributed by atoms with van der Waals surface area (Å²) in [6, 6.07) is 9.10. The Morgan fingerprint density at radius 2 is 1.83 bits per heavy atom. The number of hydrogen-bond donors (Lipinski definition) is 1. The summed E-state index contributed by atoms with van der Waals surface area (Å²) in [5.74, 6) is -5.99. The van der Waals surface area contributed by atoms with Crippen molar-refractivity contribution in [1.82, 2.24) is 0 Å².